The van der Waals surface area contributed by atoms with Crippen LogP contribution in [0.25, 0.3) is 0 Å². The molecule has 0 aromatic heterocycles. The number of hydrogen-bond acceptors (Lipinski definition) is 4. The lowest BCUT2D eigenvalue weighted by molar-refractivity contribution is 0.0577. The number of likely N-dealkylation sites (N-methyl/N-ethyl adjacent to an activating group) is 1. The number of amides is 1. The first-order valence-electron chi connectivity index (χ1n) is 7.95. The number of ether oxygens (including phenoxy) is 2. The molecule has 2 atom stereocenters. The van der Waals surface area contributed by atoms with Gasteiger partial charge in [-0.25, -0.2) is 0 Å². The summed E-state index contributed by atoms with van der Waals surface area (Å²) in [4.78, 5) is 14.3. The minimum Gasteiger partial charge on any atom is -0.488 e. The maximum Gasteiger partial charge on any atom is 0.257 e. The average Bonchev–Trinajstić information content (AvgIpc) is 3.06. The van der Waals surface area contributed by atoms with E-state index in [-0.39, 0.29) is 18.6 Å². The van der Waals surface area contributed by atoms with Gasteiger partial charge in [-0.15, -0.1) is 0 Å². The van der Waals surface area contributed by atoms with Crippen molar-refractivity contribution in [2.75, 3.05) is 20.3 Å². The normalized spacial score (nSPS) is 19.9. The molecule has 126 valence electrons. The summed E-state index contributed by atoms with van der Waals surface area (Å²) >= 11 is 0. The van der Waals surface area contributed by atoms with E-state index in [0.29, 0.717) is 24.5 Å². The molecule has 3 rings (SSSR count). The van der Waals surface area contributed by atoms with Crippen LogP contribution in [0.2, 0.25) is 0 Å². The fourth-order valence-electron chi connectivity index (χ4n) is 2.75. The second kappa shape index (κ2) is 7.47. The van der Waals surface area contributed by atoms with Gasteiger partial charge < -0.3 is 19.5 Å². The number of benzene rings is 2. The lowest BCUT2D eigenvalue weighted by Gasteiger charge is -2.26. The van der Waals surface area contributed by atoms with E-state index in [1.54, 1.807) is 25.2 Å². The van der Waals surface area contributed by atoms with Gasteiger partial charge in [0.2, 0.25) is 0 Å². The zero-order valence-electron chi connectivity index (χ0n) is 13.6. The quantitative estimate of drug-likeness (QED) is 0.914. The Kier molecular flexibility index (Phi) is 5.13. The van der Waals surface area contributed by atoms with Gasteiger partial charge >= 0.3 is 0 Å². The second-order valence-corrected chi connectivity index (χ2v) is 5.86. The molecule has 1 heterocycles. The number of hydrogen-bond donors (Lipinski definition) is 1. The summed E-state index contributed by atoms with van der Waals surface area (Å²) in [5.74, 6) is 0.347. The number of aliphatic hydroxyl groups excluding tert-OH is 1. The Morgan fingerprint density at radius 2 is 1.88 bits per heavy atom. The van der Waals surface area contributed by atoms with Crippen molar-refractivity contribution >= 4 is 5.91 Å². The lowest BCUT2D eigenvalue weighted by atomic mass is 10.1. The molecule has 1 N–H and O–H groups in total. The molecule has 5 heteroatoms. The largest absolute Gasteiger partial charge is 0.488 e. The van der Waals surface area contributed by atoms with E-state index >= 15 is 0 Å². The van der Waals surface area contributed by atoms with Crippen LogP contribution in [0.4, 0.5) is 0 Å². The monoisotopic (exact) mass is 327 g/mol. The Balaban J connectivity index is 1.74. The van der Waals surface area contributed by atoms with Gasteiger partial charge in [0.15, 0.2) is 0 Å². The minimum absolute atomic E-state index is 0.187. The predicted octanol–water partition coefficient (Wildman–Crippen LogP) is 2.10. The van der Waals surface area contributed by atoms with E-state index in [9.17, 15) is 9.90 Å². The van der Waals surface area contributed by atoms with Gasteiger partial charge in [-0.3, -0.25) is 4.79 Å². The molecule has 2 aromatic carbocycles. The number of para-hydroxylation sites is 1. The maximum atomic E-state index is 12.8. The first-order valence-corrected chi connectivity index (χ1v) is 7.95. The summed E-state index contributed by atoms with van der Waals surface area (Å²) in [5.41, 5.74) is 1.52. The van der Waals surface area contributed by atoms with Crippen molar-refractivity contribution < 1.29 is 19.4 Å². The van der Waals surface area contributed by atoms with Gasteiger partial charge in [0.1, 0.15) is 12.4 Å². The van der Waals surface area contributed by atoms with Gasteiger partial charge in [-0.05, 0) is 17.7 Å². The Morgan fingerprint density at radius 3 is 2.58 bits per heavy atom. The smallest absolute Gasteiger partial charge is 0.257 e. The third-order valence-corrected chi connectivity index (χ3v) is 4.19. The fraction of sp³-hybridized carbons (Fsp3) is 0.316. The molecule has 24 heavy (non-hydrogen) atoms. The Bertz CT molecular complexity index is 689. The summed E-state index contributed by atoms with van der Waals surface area (Å²) in [7, 11) is 1.68. The highest BCUT2D eigenvalue weighted by Crippen LogP contribution is 2.23. The van der Waals surface area contributed by atoms with Crippen molar-refractivity contribution in [1.29, 1.82) is 0 Å². The summed E-state index contributed by atoms with van der Waals surface area (Å²) in [5, 5.41) is 9.93. The van der Waals surface area contributed by atoms with E-state index in [4.69, 9.17) is 9.47 Å². The van der Waals surface area contributed by atoms with Gasteiger partial charge in [0, 0.05) is 7.05 Å². The maximum absolute atomic E-state index is 12.8. The van der Waals surface area contributed by atoms with Crippen molar-refractivity contribution in [2.24, 2.45) is 0 Å². The number of carbonyl (C=O) groups excluding carboxylic acids is 1. The molecule has 2 aromatic rings. The Hall–Kier alpha value is -2.37. The third kappa shape index (κ3) is 3.58. The highest BCUT2D eigenvalue weighted by Gasteiger charge is 2.33. The van der Waals surface area contributed by atoms with Crippen LogP contribution in [0, 0.1) is 0 Å². The third-order valence-electron chi connectivity index (χ3n) is 4.19. The van der Waals surface area contributed by atoms with Crippen LogP contribution < -0.4 is 4.74 Å². The summed E-state index contributed by atoms with van der Waals surface area (Å²) in [6.07, 6.45) is -0.656. The number of aliphatic hydroxyl groups is 1. The zero-order valence-corrected chi connectivity index (χ0v) is 13.6. The average molecular weight is 327 g/mol. The van der Waals surface area contributed by atoms with Crippen LogP contribution in [0.1, 0.15) is 15.9 Å². The first kappa shape index (κ1) is 16.5. The Labute approximate surface area is 141 Å². The Morgan fingerprint density at radius 1 is 1.17 bits per heavy atom. The number of carbonyl (C=O) groups is 1. The number of nitrogens with zero attached hydrogens (tertiary/aromatic N) is 1. The molecule has 0 unspecified atom stereocenters. The molecule has 1 fully saturated rings. The van der Waals surface area contributed by atoms with Gasteiger partial charge in [-0.1, -0.05) is 42.5 Å². The molecular weight excluding hydrogens is 306 g/mol. The molecule has 0 bridgehead atoms. The van der Waals surface area contributed by atoms with E-state index < -0.39 is 6.10 Å². The van der Waals surface area contributed by atoms with Crippen LogP contribution in [0.15, 0.2) is 54.6 Å². The molecule has 1 saturated heterocycles. The van der Waals surface area contributed by atoms with Crippen molar-refractivity contribution in [3.8, 4) is 5.75 Å². The van der Waals surface area contributed by atoms with Crippen LogP contribution in [-0.2, 0) is 11.3 Å². The molecule has 0 aliphatic carbocycles. The molecule has 0 spiro atoms. The van der Waals surface area contributed by atoms with Crippen LogP contribution in [0.5, 0.6) is 5.75 Å². The van der Waals surface area contributed by atoms with E-state index in [0.717, 1.165) is 5.56 Å². The van der Waals surface area contributed by atoms with Gasteiger partial charge in [0.05, 0.1) is 30.9 Å². The van der Waals surface area contributed by atoms with Crippen molar-refractivity contribution in [3.63, 3.8) is 0 Å². The molecule has 0 saturated carbocycles. The molecule has 1 aliphatic heterocycles. The minimum atomic E-state index is -0.656. The fourth-order valence-corrected chi connectivity index (χ4v) is 2.75. The van der Waals surface area contributed by atoms with E-state index in [2.05, 4.69) is 0 Å². The standard InChI is InChI=1S/C19H21NO4/c1-20(16-12-23-13-17(16)21)19(22)15-9-5-6-10-18(15)24-11-14-7-3-2-4-8-14/h2-10,16-17,21H,11-13H2,1H3/t16-,17-/m1/s1. The zero-order chi connectivity index (χ0) is 16.9. The van der Waals surface area contributed by atoms with E-state index in [1.807, 2.05) is 36.4 Å². The molecule has 1 amide bonds. The SMILES string of the molecule is CN(C(=O)c1ccccc1OCc1ccccc1)[C@@H]1COC[C@H]1O. The van der Waals surface area contributed by atoms with Gasteiger partial charge in [-0.2, -0.15) is 0 Å². The highest BCUT2D eigenvalue weighted by atomic mass is 16.5. The van der Waals surface area contributed by atoms with Crippen molar-refractivity contribution in [3.05, 3.63) is 65.7 Å². The van der Waals surface area contributed by atoms with Gasteiger partial charge in [0.25, 0.3) is 5.91 Å². The number of rotatable bonds is 5. The molecule has 1 aliphatic rings. The van der Waals surface area contributed by atoms with Crippen molar-refractivity contribution in [2.45, 2.75) is 18.8 Å². The van der Waals surface area contributed by atoms with Crippen LogP contribution in [-0.4, -0.2) is 48.3 Å². The highest BCUT2D eigenvalue weighted by molar-refractivity contribution is 5.97. The lowest BCUT2D eigenvalue weighted by Crippen LogP contribution is -2.44. The topological polar surface area (TPSA) is 59.0 Å². The second-order valence-electron chi connectivity index (χ2n) is 5.86. The predicted molar refractivity (Wildman–Crippen MR) is 89.9 cm³/mol. The van der Waals surface area contributed by atoms with Crippen molar-refractivity contribution in [1.82, 2.24) is 4.90 Å². The molecule has 5 nitrogen and oxygen atoms in total. The van der Waals surface area contributed by atoms with E-state index in [1.165, 1.54) is 4.90 Å². The van der Waals surface area contributed by atoms with Crippen LogP contribution >= 0.6 is 0 Å². The molecular formula is C19H21NO4. The first-order chi connectivity index (χ1) is 11.7. The summed E-state index contributed by atoms with van der Waals surface area (Å²) < 4.78 is 11.1. The summed E-state index contributed by atoms with van der Waals surface area (Å²) in [6.45, 7) is 0.995. The van der Waals surface area contributed by atoms with Crippen LogP contribution in [0.3, 0.4) is 0 Å². The summed E-state index contributed by atoms with van der Waals surface area (Å²) in [6, 6.07) is 16.6. The molecule has 0 radical (unpaired) electrons.